The van der Waals surface area contributed by atoms with Gasteiger partial charge in [0.1, 0.15) is 5.52 Å². The van der Waals surface area contributed by atoms with Gasteiger partial charge in [0.25, 0.3) is 0 Å². The van der Waals surface area contributed by atoms with Gasteiger partial charge < -0.3 is 4.42 Å². The van der Waals surface area contributed by atoms with Gasteiger partial charge in [0.15, 0.2) is 15.4 Å². The molecule has 1 aromatic carbocycles. The second-order valence-corrected chi connectivity index (χ2v) is 8.67. The Labute approximate surface area is 146 Å². The molecule has 4 rings (SSSR count). The highest BCUT2D eigenvalue weighted by Crippen LogP contribution is 2.27. The highest BCUT2D eigenvalue weighted by Gasteiger charge is 2.31. The molecule has 1 atom stereocenters. The molecule has 1 fully saturated rings. The molecule has 3 heterocycles. The lowest BCUT2D eigenvalue weighted by Gasteiger charge is -2.10. The number of aryl methyl sites for hydroxylation is 1. The highest BCUT2D eigenvalue weighted by molar-refractivity contribution is 7.91. The summed E-state index contributed by atoms with van der Waals surface area (Å²) in [7, 11) is -2.94. The SMILES string of the molecule is Cc1nn([C@@H]2CCS(=O)(=O)C2)c(C)c1/C=C/c1nc2ccccc2o1. The lowest BCUT2D eigenvalue weighted by molar-refractivity contribution is 0.486. The first kappa shape index (κ1) is 16.1. The fourth-order valence-corrected chi connectivity index (χ4v) is 5.05. The summed E-state index contributed by atoms with van der Waals surface area (Å²) in [5, 5.41) is 4.56. The number of sulfone groups is 1. The number of hydrogen-bond donors (Lipinski definition) is 0. The van der Waals surface area contributed by atoms with E-state index in [1.54, 1.807) is 0 Å². The maximum Gasteiger partial charge on any atom is 0.220 e. The molecule has 7 heteroatoms. The van der Waals surface area contributed by atoms with Crippen LogP contribution in [0.1, 0.15) is 35.3 Å². The molecule has 1 aliphatic heterocycles. The van der Waals surface area contributed by atoms with Gasteiger partial charge in [0.05, 0.1) is 23.2 Å². The van der Waals surface area contributed by atoms with E-state index in [-0.39, 0.29) is 17.5 Å². The molecule has 0 bridgehead atoms. The molecule has 1 saturated heterocycles. The Morgan fingerprint density at radius 2 is 2.04 bits per heavy atom. The normalized spacial score (nSPS) is 20.0. The lowest BCUT2D eigenvalue weighted by Crippen LogP contribution is -2.13. The van der Waals surface area contributed by atoms with Crippen LogP contribution in [-0.2, 0) is 9.84 Å². The number of hydrogen-bond acceptors (Lipinski definition) is 5. The van der Waals surface area contributed by atoms with E-state index in [4.69, 9.17) is 4.42 Å². The van der Waals surface area contributed by atoms with Crippen LogP contribution >= 0.6 is 0 Å². The van der Waals surface area contributed by atoms with Crippen LogP contribution in [0.3, 0.4) is 0 Å². The van der Waals surface area contributed by atoms with Crippen LogP contribution in [0.2, 0.25) is 0 Å². The van der Waals surface area contributed by atoms with Crippen molar-refractivity contribution in [1.29, 1.82) is 0 Å². The molecule has 3 aromatic rings. The quantitative estimate of drug-likeness (QED) is 0.719. The van der Waals surface area contributed by atoms with E-state index in [0.29, 0.717) is 12.3 Å². The van der Waals surface area contributed by atoms with E-state index in [0.717, 1.165) is 28.1 Å². The molecule has 0 unspecified atom stereocenters. The zero-order valence-electron chi connectivity index (χ0n) is 14.1. The standard InChI is InChI=1S/C18H19N3O3S/c1-12-15(7-8-18-19-16-5-3-4-6-17(16)24-18)13(2)21(20-12)14-9-10-25(22,23)11-14/h3-8,14H,9-11H2,1-2H3/b8-7+/t14-/m1/s1. The predicted octanol–water partition coefficient (Wildman–Crippen LogP) is 3.17. The fraction of sp³-hybridized carbons (Fsp3) is 0.333. The minimum absolute atomic E-state index is 0.0739. The van der Waals surface area contributed by atoms with Crippen LogP contribution in [0.15, 0.2) is 28.7 Å². The van der Waals surface area contributed by atoms with Crippen molar-refractivity contribution in [2.75, 3.05) is 11.5 Å². The van der Waals surface area contributed by atoms with Gasteiger partial charge in [-0.25, -0.2) is 13.4 Å². The molecular formula is C18H19N3O3S. The van der Waals surface area contributed by atoms with Gasteiger partial charge in [-0.1, -0.05) is 12.1 Å². The van der Waals surface area contributed by atoms with Crippen LogP contribution in [0.5, 0.6) is 0 Å². The smallest absolute Gasteiger partial charge is 0.220 e. The fourth-order valence-electron chi connectivity index (χ4n) is 3.36. The summed E-state index contributed by atoms with van der Waals surface area (Å²) < 4.78 is 31.0. The number of fused-ring (bicyclic) bond motifs is 1. The number of rotatable bonds is 3. The topological polar surface area (TPSA) is 78.0 Å². The summed E-state index contributed by atoms with van der Waals surface area (Å²) in [5.74, 6) is 0.948. The summed E-state index contributed by atoms with van der Waals surface area (Å²) in [6.07, 6.45) is 4.38. The summed E-state index contributed by atoms with van der Waals surface area (Å²) in [6, 6.07) is 7.55. The zero-order chi connectivity index (χ0) is 17.6. The van der Waals surface area contributed by atoms with Gasteiger partial charge in [-0.2, -0.15) is 5.10 Å². The molecule has 2 aromatic heterocycles. The second kappa shape index (κ2) is 5.84. The number of benzene rings is 1. The largest absolute Gasteiger partial charge is 0.437 e. The van der Waals surface area contributed by atoms with Crippen LogP contribution in [0, 0.1) is 13.8 Å². The van der Waals surface area contributed by atoms with Crippen molar-refractivity contribution in [2.45, 2.75) is 26.3 Å². The molecule has 0 radical (unpaired) electrons. The molecule has 0 saturated carbocycles. The second-order valence-electron chi connectivity index (χ2n) is 6.44. The Morgan fingerprint density at radius 3 is 2.76 bits per heavy atom. The Hall–Kier alpha value is -2.41. The van der Waals surface area contributed by atoms with Crippen molar-refractivity contribution >= 4 is 33.1 Å². The predicted molar refractivity (Wildman–Crippen MR) is 96.9 cm³/mol. The average Bonchev–Trinajstić information content (AvgIpc) is 3.21. The molecule has 0 aliphatic carbocycles. The van der Waals surface area contributed by atoms with Gasteiger partial charge in [-0.3, -0.25) is 4.68 Å². The van der Waals surface area contributed by atoms with E-state index < -0.39 is 9.84 Å². The number of aromatic nitrogens is 3. The lowest BCUT2D eigenvalue weighted by atomic mass is 10.1. The summed E-state index contributed by atoms with van der Waals surface area (Å²) in [6.45, 7) is 3.90. The third-order valence-corrected chi connectivity index (χ3v) is 6.39. The van der Waals surface area contributed by atoms with Crippen molar-refractivity contribution in [3.8, 4) is 0 Å². The minimum Gasteiger partial charge on any atom is -0.437 e. The maximum absolute atomic E-state index is 11.7. The van der Waals surface area contributed by atoms with Crippen LogP contribution in [0.25, 0.3) is 23.3 Å². The van der Waals surface area contributed by atoms with Gasteiger partial charge in [0, 0.05) is 17.3 Å². The van der Waals surface area contributed by atoms with E-state index in [2.05, 4.69) is 10.1 Å². The Morgan fingerprint density at radius 1 is 1.24 bits per heavy atom. The van der Waals surface area contributed by atoms with E-state index >= 15 is 0 Å². The Balaban J connectivity index is 1.64. The first-order valence-corrected chi connectivity index (χ1v) is 10.0. The van der Waals surface area contributed by atoms with Crippen molar-refractivity contribution < 1.29 is 12.8 Å². The van der Waals surface area contributed by atoms with Crippen molar-refractivity contribution in [1.82, 2.24) is 14.8 Å². The molecular weight excluding hydrogens is 338 g/mol. The van der Waals surface area contributed by atoms with Gasteiger partial charge in [-0.15, -0.1) is 0 Å². The van der Waals surface area contributed by atoms with Crippen molar-refractivity contribution in [2.24, 2.45) is 0 Å². The van der Waals surface area contributed by atoms with Gasteiger partial charge in [0.2, 0.25) is 5.89 Å². The molecule has 6 nitrogen and oxygen atoms in total. The van der Waals surface area contributed by atoms with Crippen LogP contribution < -0.4 is 0 Å². The Kier molecular flexibility index (Phi) is 3.76. The summed E-state index contributed by atoms with van der Waals surface area (Å²) in [4.78, 5) is 4.43. The van der Waals surface area contributed by atoms with E-state index in [1.807, 2.05) is 54.9 Å². The van der Waals surface area contributed by atoms with Gasteiger partial charge in [-0.05, 0) is 38.5 Å². The van der Waals surface area contributed by atoms with Crippen LogP contribution in [-0.4, -0.2) is 34.7 Å². The third-order valence-electron chi connectivity index (χ3n) is 4.64. The first-order valence-electron chi connectivity index (χ1n) is 8.23. The summed E-state index contributed by atoms with van der Waals surface area (Å²) >= 11 is 0. The molecule has 1 aliphatic rings. The minimum atomic E-state index is -2.94. The third kappa shape index (κ3) is 3.00. The first-order chi connectivity index (χ1) is 11.9. The monoisotopic (exact) mass is 357 g/mol. The molecule has 0 N–H and O–H groups in total. The average molecular weight is 357 g/mol. The van der Waals surface area contributed by atoms with Crippen molar-refractivity contribution in [3.63, 3.8) is 0 Å². The Bertz CT molecular complexity index is 1040. The van der Waals surface area contributed by atoms with E-state index in [1.165, 1.54) is 0 Å². The number of oxazole rings is 1. The number of nitrogens with zero attached hydrogens (tertiary/aromatic N) is 3. The van der Waals surface area contributed by atoms with E-state index in [9.17, 15) is 8.42 Å². The van der Waals surface area contributed by atoms with Crippen LogP contribution in [0.4, 0.5) is 0 Å². The molecule has 0 spiro atoms. The van der Waals surface area contributed by atoms with Gasteiger partial charge >= 0.3 is 0 Å². The number of para-hydroxylation sites is 2. The maximum atomic E-state index is 11.7. The zero-order valence-corrected chi connectivity index (χ0v) is 15.0. The molecule has 25 heavy (non-hydrogen) atoms. The molecule has 130 valence electrons. The highest BCUT2D eigenvalue weighted by atomic mass is 32.2. The summed E-state index contributed by atoms with van der Waals surface area (Å²) in [5.41, 5.74) is 4.39. The van der Waals surface area contributed by atoms with Crippen molar-refractivity contribution in [3.05, 3.63) is 47.1 Å². The molecule has 0 amide bonds.